The van der Waals surface area contributed by atoms with Crippen LogP contribution in [0.5, 0.6) is 0 Å². The van der Waals surface area contributed by atoms with Gasteiger partial charge in [0, 0.05) is 0 Å². The maximum absolute atomic E-state index is 2.43. The van der Waals surface area contributed by atoms with Crippen molar-refractivity contribution in [1.29, 1.82) is 0 Å². The quantitative estimate of drug-likeness (QED) is 0.465. The SMILES string of the molecule is CC1CC2CC1C[C@@H]2C. The molecule has 2 saturated carbocycles. The van der Waals surface area contributed by atoms with Gasteiger partial charge in [0.2, 0.25) is 0 Å². The van der Waals surface area contributed by atoms with Crippen molar-refractivity contribution in [3.05, 3.63) is 0 Å². The summed E-state index contributed by atoms with van der Waals surface area (Å²) in [5.41, 5.74) is 0. The van der Waals surface area contributed by atoms with Crippen LogP contribution in [0.25, 0.3) is 0 Å². The van der Waals surface area contributed by atoms with Crippen LogP contribution in [0, 0.1) is 23.7 Å². The number of hydrogen-bond acceptors (Lipinski definition) is 0. The molecule has 2 aliphatic rings. The molecule has 4 atom stereocenters. The van der Waals surface area contributed by atoms with E-state index in [4.69, 9.17) is 0 Å². The van der Waals surface area contributed by atoms with Crippen molar-refractivity contribution < 1.29 is 0 Å². The van der Waals surface area contributed by atoms with Gasteiger partial charge >= 0.3 is 0 Å². The molecule has 0 aliphatic heterocycles. The molecule has 0 spiro atoms. The highest BCUT2D eigenvalue weighted by molar-refractivity contribution is 4.91. The second-order valence-corrected chi connectivity index (χ2v) is 4.18. The normalized spacial score (nSPS) is 56.7. The van der Waals surface area contributed by atoms with Crippen molar-refractivity contribution in [3.8, 4) is 0 Å². The molecule has 2 aliphatic carbocycles. The summed E-state index contributed by atoms with van der Waals surface area (Å²) in [7, 11) is 0. The largest absolute Gasteiger partial charge is 0.0622 e. The highest BCUT2D eigenvalue weighted by atomic mass is 14.5. The number of fused-ring (bicyclic) bond motifs is 2. The first-order valence-corrected chi connectivity index (χ1v) is 4.27. The van der Waals surface area contributed by atoms with Crippen LogP contribution < -0.4 is 0 Å². The van der Waals surface area contributed by atoms with E-state index in [9.17, 15) is 0 Å². The molecule has 2 rings (SSSR count). The maximum Gasteiger partial charge on any atom is -0.0383 e. The van der Waals surface area contributed by atoms with Crippen LogP contribution >= 0.6 is 0 Å². The predicted octanol–water partition coefficient (Wildman–Crippen LogP) is 2.69. The van der Waals surface area contributed by atoms with Gasteiger partial charge in [-0.2, -0.15) is 0 Å². The highest BCUT2D eigenvalue weighted by Crippen LogP contribution is 2.51. The van der Waals surface area contributed by atoms with E-state index in [1.807, 2.05) is 0 Å². The Kier molecular flexibility index (Phi) is 1.12. The molecule has 0 N–H and O–H groups in total. The zero-order valence-electron chi connectivity index (χ0n) is 6.43. The molecule has 2 fully saturated rings. The maximum atomic E-state index is 2.43. The lowest BCUT2D eigenvalue weighted by Gasteiger charge is -2.21. The van der Waals surface area contributed by atoms with Crippen molar-refractivity contribution in [2.45, 2.75) is 33.1 Å². The van der Waals surface area contributed by atoms with Crippen LogP contribution in [0.3, 0.4) is 0 Å². The van der Waals surface area contributed by atoms with Crippen molar-refractivity contribution in [2.75, 3.05) is 0 Å². The van der Waals surface area contributed by atoms with Crippen molar-refractivity contribution in [2.24, 2.45) is 23.7 Å². The first kappa shape index (κ1) is 5.76. The van der Waals surface area contributed by atoms with Gasteiger partial charge in [-0.15, -0.1) is 0 Å². The van der Waals surface area contributed by atoms with Crippen molar-refractivity contribution in [1.82, 2.24) is 0 Å². The zero-order valence-corrected chi connectivity index (χ0v) is 6.43. The third kappa shape index (κ3) is 0.720. The molecule has 0 radical (unpaired) electrons. The standard InChI is InChI=1S/C9H16/c1-6-3-9-5-8(6)4-7(9)2/h6-9H,3-5H2,1-2H3/t6-,7?,8?,9?/m0/s1. The minimum Gasteiger partial charge on any atom is -0.0622 e. The van der Waals surface area contributed by atoms with Gasteiger partial charge in [-0.3, -0.25) is 0 Å². The lowest BCUT2D eigenvalue weighted by atomic mass is 9.84. The molecule has 0 aromatic rings. The lowest BCUT2D eigenvalue weighted by Crippen LogP contribution is -2.12. The third-order valence-corrected chi connectivity index (χ3v) is 3.56. The lowest BCUT2D eigenvalue weighted by molar-refractivity contribution is 0.288. The summed E-state index contributed by atoms with van der Waals surface area (Å²) < 4.78 is 0. The summed E-state index contributed by atoms with van der Waals surface area (Å²) >= 11 is 0. The molecule has 0 nitrogen and oxygen atoms in total. The molecule has 0 aromatic carbocycles. The molecule has 9 heavy (non-hydrogen) atoms. The molecule has 52 valence electrons. The van der Waals surface area contributed by atoms with Crippen LogP contribution in [0.1, 0.15) is 33.1 Å². The predicted molar refractivity (Wildman–Crippen MR) is 39.2 cm³/mol. The van der Waals surface area contributed by atoms with Gasteiger partial charge in [-0.05, 0) is 42.9 Å². The van der Waals surface area contributed by atoms with E-state index in [0.717, 1.165) is 23.7 Å². The Hall–Kier alpha value is 0. The van der Waals surface area contributed by atoms with Gasteiger partial charge < -0.3 is 0 Å². The highest BCUT2D eigenvalue weighted by Gasteiger charge is 2.41. The van der Waals surface area contributed by atoms with E-state index in [1.54, 1.807) is 6.42 Å². The monoisotopic (exact) mass is 124 g/mol. The second kappa shape index (κ2) is 1.74. The molecule has 0 aromatic heterocycles. The van der Waals surface area contributed by atoms with Crippen LogP contribution in [-0.4, -0.2) is 0 Å². The van der Waals surface area contributed by atoms with Crippen LogP contribution in [0.4, 0.5) is 0 Å². The summed E-state index contributed by atoms with van der Waals surface area (Å²) in [5.74, 6) is 4.35. The third-order valence-electron chi connectivity index (χ3n) is 3.56. The summed E-state index contributed by atoms with van der Waals surface area (Å²) in [4.78, 5) is 0. The van der Waals surface area contributed by atoms with Gasteiger partial charge in [0.15, 0.2) is 0 Å². The fourth-order valence-corrected chi connectivity index (χ4v) is 2.85. The van der Waals surface area contributed by atoms with Gasteiger partial charge in [0.05, 0.1) is 0 Å². The van der Waals surface area contributed by atoms with Crippen molar-refractivity contribution >= 4 is 0 Å². The molecular formula is C9H16. The van der Waals surface area contributed by atoms with E-state index >= 15 is 0 Å². The number of rotatable bonds is 0. The Morgan fingerprint density at radius 2 is 1.22 bits per heavy atom. The Labute approximate surface area is 57.6 Å². The minimum absolute atomic E-state index is 1.06. The first-order valence-electron chi connectivity index (χ1n) is 4.27. The molecule has 3 unspecified atom stereocenters. The fourth-order valence-electron chi connectivity index (χ4n) is 2.85. The molecule has 0 heterocycles. The smallest absolute Gasteiger partial charge is 0.0383 e. The molecule has 2 bridgehead atoms. The summed E-state index contributed by atoms with van der Waals surface area (Å²) in [6, 6.07) is 0. The van der Waals surface area contributed by atoms with E-state index in [-0.39, 0.29) is 0 Å². The summed E-state index contributed by atoms with van der Waals surface area (Å²) in [6.45, 7) is 4.85. The Balaban J connectivity index is 2.10. The average molecular weight is 124 g/mol. The van der Waals surface area contributed by atoms with E-state index in [1.165, 1.54) is 12.8 Å². The van der Waals surface area contributed by atoms with Gasteiger partial charge in [-0.25, -0.2) is 0 Å². The topological polar surface area (TPSA) is 0 Å². The zero-order chi connectivity index (χ0) is 6.43. The van der Waals surface area contributed by atoms with Crippen LogP contribution in [0.15, 0.2) is 0 Å². The molecule has 0 heteroatoms. The minimum atomic E-state index is 1.06. The second-order valence-electron chi connectivity index (χ2n) is 4.18. The Bertz CT molecular complexity index is 99.2. The molecule has 0 amide bonds. The van der Waals surface area contributed by atoms with E-state index < -0.39 is 0 Å². The average Bonchev–Trinajstić information content (AvgIpc) is 2.24. The Morgan fingerprint density at radius 1 is 0.778 bits per heavy atom. The van der Waals surface area contributed by atoms with E-state index in [2.05, 4.69) is 13.8 Å². The van der Waals surface area contributed by atoms with Crippen LogP contribution in [0.2, 0.25) is 0 Å². The first-order chi connectivity index (χ1) is 4.27. The summed E-state index contributed by atoms with van der Waals surface area (Å²) in [5, 5.41) is 0. The Morgan fingerprint density at radius 3 is 1.44 bits per heavy atom. The van der Waals surface area contributed by atoms with E-state index in [0.29, 0.717) is 0 Å². The van der Waals surface area contributed by atoms with Crippen LogP contribution in [-0.2, 0) is 0 Å². The molecule has 0 saturated heterocycles. The van der Waals surface area contributed by atoms with Gasteiger partial charge in [-0.1, -0.05) is 13.8 Å². The van der Waals surface area contributed by atoms with Crippen molar-refractivity contribution in [3.63, 3.8) is 0 Å². The van der Waals surface area contributed by atoms with Gasteiger partial charge in [0.25, 0.3) is 0 Å². The number of hydrogen-bond donors (Lipinski definition) is 0. The fraction of sp³-hybridized carbons (Fsp3) is 1.00. The molecular weight excluding hydrogens is 108 g/mol. The van der Waals surface area contributed by atoms with Gasteiger partial charge in [0.1, 0.15) is 0 Å². The summed E-state index contributed by atoms with van der Waals surface area (Å²) in [6.07, 6.45) is 4.62.